The Balaban J connectivity index is 2.62. The third-order valence-electron chi connectivity index (χ3n) is 2.74. The number of nitrogen functional groups attached to an aromatic ring is 1. The average molecular weight is 235 g/mol. The van der Waals surface area contributed by atoms with Crippen LogP contribution in [-0.2, 0) is 4.79 Å². The molecule has 0 aromatic heterocycles. The van der Waals surface area contributed by atoms with E-state index in [-0.39, 0.29) is 5.91 Å². The number of nitrogens with zero attached hydrogens (tertiary/aromatic N) is 1. The number of aryl methyl sites for hydroxylation is 1. The molecule has 0 heterocycles. The number of nitrogens with two attached hydrogens (primary N) is 1. The number of anilines is 2. The Labute approximate surface area is 103 Å². The topological polar surface area (TPSA) is 58.4 Å². The van der Waals surface area contributed by atoms with Crippen LogP contribution in [0.1, 0.15) is 19.4 Å². The lowest BCUT2D eigenvalue weighted by Crippen LogP contribution is -2.33. The molecule has 0 spiro atoms. The summed E-state index contributed by atoms with van der Waals surface area (Å²) in [5.41, 5.74) is 8.22. The Hall–Kier alpha value is -1.55. The van der Waals surface area contributed by atoms with Crippen molar-refractivity contribution >= 4 is 17.3 Å². The monoisotopic (exact) mass is 235 g/mol. The van der Waals surface area contributed by atoms with E-state index >= 15 is 0 Å². The van der Waals surface area contributed by atoms with Crippen LogP contribution in [0.3, 0.4) is 0 Å². The lowest BCUT2D eigenvalue weighted by atomic mass is 10.2. The Morgan fingerprint density at radius 1 is 1.35 bits per heavy atom. The smallest absolute Gasteiger partial charge is 0.238 e. The van der Waals surface area contributed by atoms with Crippen LogP contribution in [0.4, 0.5) is 11.4 Å². The molecule has 0 aliphatic heterocycles. The standard InChI is InChI=1S/C13H21N3O/c1-4-16(5-2)9-13(17)15-12-7-6-10(3)8-11(12)14/h6-8H,4-5,9,14H2,1-3H3,(H,15,17). The molecule has 0 aliphatic rings. The first kappa shape index (κ1) is 13.5. The fraction of sp³-hybridized carbons (Fsp3) is 0.462. The van der Waals surface area contributed by atoms with Crippen LogP contribution in [0, 0.1) is 6.92 Å². The normalized spacial score (nSPS) is 10.6. The van der Waals surface area contributed by atoms with Gasteiger partial charge in [-0.05, 0) is 37.7 Å². The molecule has 0 aliphatic carbocycles. The Kier molecular flexibility index (Phi) is 4.97. The second kappa shape index (κ2) is 6.25. The first-order valence-corrected chi connectivity index (χ1v) is 5.95. The van der Waals surface area contributed by atoms with E-state index in [4.69, 9.17) is 5.73 Å². The summed E-state index contributed by atoms with van der Waals surface area (Å²) in [6, 6.07) is 5.63. The number of hydrogen-bond acceptors (Lipinski definition) is 3. The molecular formula is C13H21N3O. The van der Waals surface area contributed by atoms with E-state index in [1.807, 2.05) is 39.0 Å². The van der Waals surface area contributed by atoms with E-state index < -0.39 is 0 Å². The maximum Gasteiger partial charge on any atom is 0.238 e. The number of rotatable bonds is 5. The van der Waals surface area contributed by atoms with E-state index in [1.54, 1.807) is 0 Å². The zero-order chi connectivity index (χ0) is 12.8. The van der Waals surface area contributed by atoms with Crippen molar-refractivity contribution in [3.8, 4) is 0 Å². The third kappa shape index (κ3) is 4.07. The van der Waals surface area contributed by atoms with Gasteiger partial charge in [-0.2, -0.15) is 0 Å². The molecule has 17 heavy (non-hydrogen) atoms. The molecule has 1 aromatic rings. The fourth-order valence-corrected chi connectivity index (χ4v) is 1.64. The maximum atomic E-state index is 11.8. The summed E-state index contributed by atoms with van der Waals surface area (Å²) >= 11 is 0. The Morgan fingerprint density at radius 2 is 2.00 bits per heavy atom. The summed E-state index contributed by atoms with van der Waals surface area (Å²) in [5, 5.41) is 2.83. The van der Waals surface area contributed by atoms with Crippen LogP contribution < -0.4 is 11.1 Å². The highest BCUT2D eigenvalue weighted by molar-refractivity contribution is 5.95. The quantitative estimate of drug-likeness (QED) is 0.766. The SMILES string of the molecule is CCN(CC)CC(=O)Nc1ccc(C)cc1N. The minimum absolute atomic E-state index is 0.0238. The van der Waals surface area contributed by atoms with E-state index in [0.717, 1.165) is 18.7 Å². The number of amides is 1. The first-order valence-electron chi connectivity index (χ1n) is 5.95. The van der Waals surface area contributed by atoms with E-state index in [9.17, 15) is 4.79 Å². The van der Waals surface area contributed by atoms with Gasteiger partial charge in [0.25, 0.3) is 0 Å². The molecule has 0 saturated carbocycles. The number of likely N-dealkylation sites (N-methyl/N-ethyl adjacent to an activating group) is 1. The van der Waals surface area contributed by atoms with Gasteiger partial charge in [-0.3, -0.25) is 9.69 Å². The average Bonchev–Trinajstić information content (AvgIpc) is 2.29. The Morgan fingerprint density at radius 3 is 2.53 bits per heavy atom. The predicted molar refractivity (Wildman–Crippen MR) is 72.0 cm³/mol. The highest BCUT2D eigenvalue weighted by atomic mass is 16.2. The molecule has 3 N–H and O–H groups in total. The van der Waals surface area contributed by atoms with Gasteiger partial charge in [-0.1, -0.05) is 19.9 Å². The van der Waals surface area contributed by atoms with Gasteiger partial charge in [0.1, 0.15) is 0 Å². The zero-order valence-electron chi connectivity index (χ0n) is 10.8. The van der Waals surface area contributed by atoms with E-state index in [2.05, 4.69) is 10.2 Å². The summed E-state index contributed by atoms with van der Waals surface area (Å²) in [7, 11) is 0. The van der Waals surface area contributed by atoms with Crippen LogP contribution >= 0.6 is 0 Å². The van der Waals surface area contributed by atoms with Crippen LogP contribution in [0.2, 0.25) is 0 Å². The Bertz CT molecular complexity index is 386. The second-order valence-electron chi connectivity index (χ2n) is 4.10. The van der Waals surface area contributed by atoms with Crippen molar-refractivity contribution in [2.24, 2.45) is 0 Å². The molecule has 4 heteroatoms. The van der Waals surface area contributed by atoms with Gasteiger partial charge in [0.2, 0.25) is 5.91 Å². The molecule has 0 fully saturated rings. The largest absolute Gasteiger partial charge is 0.397 e. The van der Waals surface area contributed by atoms with Crippen molar-refractivity contribution in [3.63, 3.8) is 0 Å². The van der Waals surface area contributed by atoms with Gasteiger partial charge in [0.05, 0.1) is 17.9 Å². The van der Waals surface area contributed by atoms with Crippen LogP contribution in [0.15, 0.2) is 18.2 Å². The van der Waals surface area contributed by atoms with Gasteiger partial charge in [-0.15, -0.1) is 0 Å². The summed E-state index contributed by atoms with van der Waals surface area (Å²) in [5.74, 6) is -0.0238. The lowest BCUT2D eigenvalue weighted by Gasteiger charge is -2.17. The molecule has 0 radical (unpaired) electrons. The van der Waals surface area contributed by atoms with Crippen molar-refractivity contribution in [2.75, 3.05) is 30.7 Å². The third-order valence-corrected chi connectivity index (χ3v) is 2.74. The molecule has 0 unspecified atom stereocenters. The van der Waals surface area contributed by atoms with E-state index in [0.29, 0.717) is 17.9 Å². The number of carbonyl (C=O) groups excluding carboxylic acids is 1. The van der Waals surface area contributed by atoms with Gasteiger partial charge >= 0.3 is 0 Å². The molecule has 4 nitrogen and oxygen atoms in total. The molecule has 1 rings (SSSR count). The van der Waals surface area contributed by atoms with Crippen LogP contribution in [-0.4, -0.2) is 30.4 Å². The summed E-state index contributed by atoms with van der Waals surface area (Å²) in [6.45, 7) is 8.19. The number of hydrogen-bond donors (Lipinski definition) is 2. The molecular weight excluding hydrogens is 214 g/mol. The molecule has 1 aromatic carbocycles. The van der Waals surface area contributed by atoms with Crippen molar-refractivity contribution in [2.45, 2.75) is 20.8 Å². The summed E-state index contributed by atoms with van der Waals surface area (Å²) in [4.78, 5) is 13.8. The second-order valence-corrected chi connectivity index (χ2v) is 4.10. The van der Waals surface area contributed by atoms with Gasteiger partial charge < -0.3 is 11.1 Å². The summed E-state index contributed by atoms with van der Waals surface area (Å²) < 4.78 is 0. The van der Waals surface area contributed by atoms with Crippen molar-refractivity contribution in [1.29, 1.82) is 0 Å². The van der Waals surface area contributed by atoms with Crippen LogP contribution in [0.25, 0.3) is 0 Å². The number of benzene rings is 1. The maximum absolute atomic E-state index is 11.8. The van der Waals surface area contributed by atoms with Crippen LogP contribution in [0.5, 0.6) is 0 Å². The van der Waals surface area contributed by atoms with Crippen molar-refractivity contribution in [1.82, 2.24) is 4.90 Å². The fourth-order valence-electron chi connectivity index (χ4n) is 1.64. The molecule has 1 amide bonds. The van der Waals surface area contributed by atoms with Gasteiger partial charge in [0, 0.05) is 0 Å². The van der Waals surface area contributed by atoms with Gasteiger partial charge in [0.15, 0.2) is 0 Å². The predicted octanol–water partition coefficient (Wildman–Crippen LogP) is 1.86. The molecule has 0 saturated heterocycles. The minimum Gasteiger partial charge on any atom is -0.397 e. The molecule has 94 valence electrons. The van der Waals surface area contributed by atoms with Gasteiger partial charge in [-0.25, -0.2) is 0 Å². The number of carbonyl (C=O) groups is 1. The zero-order valence-corrected chi connectivity index (χ0v) is 10.8. The lowest BCUT2D eigenvalue weighted by molar-refractivity contribution is -0.117. The van der Waals surface area contributed by atoms with Crippen molar-refractivity contribution in [3.05, 3.63) is 23.8 Å². The minimum atomic E-state index is -0.0238. The summed E-state index contributed by atoms with van der Waals surface area (Å²) in [6.07, 6.45) is 0. The van der Waals surface area contributed by atoms with Crippen molar-refractivity contribution < 1.29 is 4.79 Å². The first-order chi connectivity index (χ1) is 8.06. The molecule has 0 atom stereocenters. The highest BCUT2D eigenvalue weighted by Gasteiger charge is 2.08. The van der Waals surface area contributed by atoms with E-state index in [1.165, 1.54) is 0 Å². The molecule has 0 bridgehead atoms. The highest BCUT2D eigenvalue weighted by Crippen LogP contribution is 2.19. The number of nitrogens with one attached hydrogen (secondary N) is 1.